The van der Waals surface area contributed by atoms with Crippen LogP contribution in [0.25, 0.3) is 0 Å². The zero-order valence-electron chi connectivity index (χ0n) is 11.4. The Kier molecular flexibility index (Phi) is 5.35. The van der Waals surface area contributed by atoms with Crippen LogP contribution in [0.3, 0.4) is 0 Å². The molecule has 3 N–H and O–H groups in total. The van der Waals surface area contributed by atoms with Gasteiger partial charge in [0.25, 0.3) is 0 Å². The first-order valence-electron chi connectivity index (χ1n) is 6.87. The van der Waals surface area contributed by atoms with Crippen LogP contribution in [-0.4, -0.2) is 23.2 Å². The largest absolute Gasteiger partial charge is 0.477 e. The fourth-order valence-corrected chi connectivity index (χ4v) is 2.26. The number of ether oxygens (including phenoxy) is 2. The first kappa shape index (κ1) is 14.0. The number of hydrazine groups is 1. The highest BCUT2D eigenvalue weighted by Gasteiger charge is 2.16. The van der Waals surface area contributed by atoms with Gasteiger partial charge in [-0.2, -0.15) is 4.98 Å². The first-order valence-corrected chi connectivity index (χ1v) is 6.87. The fourth-order valence-electron chi connectivity index (χ4n) is 2.26. The van der Waals surface area contributed by atoms with Crippen LogP contribution in [0.1, 0.15) is 38.4 Å². The van der Waals surface area contributed by atoms with Gasteiger partial charge in [-0.1, -0.05) is 12.8 Å². The average molecular weight is 266 g/mol. The topological polar surface area (TPSA) is 82.3 Å². The van der Waals surface area contributed by atoms with Crippen LogP contribution in [0.2, 0.25) is 0 Å². The molecule has 0 unspecified atom stereocenters. The van der Waals surface area contributed by atoms with Crippen molar-refractivity contribution in [2.45, 2.75) is 39.2 Å². The summed E-state index contributed by atoms with van der Waals surface area (Å²) >= 11 is 0. The molecule has 1 aliphatic carbocycles. The number of nitrogens with zero attached hydrogens (tertiary/aromatic N) is 2. The van der Waals surface area contributed by atoms with Gasteiger partial charge in [-0.3, -0.25) is 0 Å². The second-order valence-corrected chi connectivity index (χ2v) is 4.75. The molecule has 0 bridgehead atoms. The Labute approximate surface area is 113 Å². The van der Waals surface area contributed by atoms with Crippen molar-refractivity contribution in [1.29, 1.82) is 0 Å². The van der Waals surface area contributed by atoms with E-state index in [9.17, 15) is 0 Å². The average Bonchev–Trinajstić information content (AvgIpc) is 2.96. The zero-order chi connectivity index (χ0) is 13.5. The molecule has 2 rings (SSSR count). The van der Waals surface area contributed by atoms with E-state index in [4.69, 9.17) is 15.3 Å². The summed E-state index contributed by atoms with van der Waals surface area (Å²) in [5, 5.41) is 0. The van der Waals surface area contributed by atoms with Crippen LogP contribution >= 0.6 is 0 Å². The quantitative estimate of drug-likeness (QED) is 0.579. The second-order valence-electron chi connectivity index (χ2n) is 4.75. The van der Waals surface area contributed by atoms with Gasteiger partial charge in [0.15, 0.2) is 5.82 Å². The van der Waals surface area contributed by atoms with E-state index in [0.29, 0.717) is 36.7 Å². The Morgan fingerprint density at radius 2 is 2.16 bits per heavy atom. The Hall–Kier alpha value is -1.40. The van der Waals surface area contributed by atoms with Gasteiger partial charge in [0.2, 0.25) is 5.88 Å². The van der Waals surface area contributed by atoms with E-state index in [1.54, 1.807) is 6.07 Å². The summed E-state index contributed by atoms with van der Waals surface area (Å²) in [6, 6.07) is 1.71. The van der Waals surface area contributed by atoms with Crippen molar-refractivity contribution in [3.63, 3.8) is 0 Å². The molecule has 106 valence electrons. The Balaban J connectivity index is 1.96. The number of nitrogens with one attached hydrogen (secondary N) is 1. The molecule has 1 aromatic heterocycles. The van der Waals surface area contributed by atoms with Crippen molar-refractivity contribution in [3.8, 4) is 5.88 Å². The van der Waals surface area contributed by atoms with Crippen LogP contribution in [0.4, 0.5) is 5.82 Å². The van der Waals surface area contributed by atoms with Crippen LogP contribution in [0, 0.1) is 5.92 Å². The van der Waals surface area contributed by atoms with Gasteiger partial charge in [0.05, 0.1) is 6.61 Å². The zero-order valence-corrected chi connectivity index (χ0v) is 11.4. The molecule has 0 radical (unpaired) electrons. The predicted molar refractivity (Wildman–Crippen MR) is 72.6 cm³/mol. The third-order valence-electron chi connectivity index (χ3n) is 3.27. The second kappa shape index (κ2) is 7.25. The number of nitrogen functional groups attached to an aromatic ring is 1. The summed E-state index contributed by atoms with van der Waals surface area (Å²) in [4.78, 5) is 8.54. The van der Waals surface area contributed by atoms with Gasteiger partial charge < -0.3 is 14.9 Å². The third kappa shape index (κ3) is 4.33. The van der Waals surface area contributed by atoms with Crippen molar-refractivity contribution in [2.24, 2.45) is 11.8 Å². The molecular weight excluding hydrogens is 244 g/mol. The van der Waals surface area contributed by atoms with Gasteiger partial charge >= 0.3 is 0 Å². The highest BCUT2D eigenvalue weighted by atomic mass is 16.5. The van der Waals surface area contributed by atoms with E-state index >= 15 is 0 Å². The normalized spacial score (nSPS) is 15.7. The highest BCUT2D eigenvalue weighted by Crippen LogP contribution is 2.25. The lowest BCUT2D eigenvalue weighted by atomic mass is 10.1. The number of rotatable bonds is 7. The summed E-state index contributed by atoms with van der Waals surface area (Å²) in [5.41, 5.74) is 2.53. The van der Waals surface area contributed by atoms with Gasteiger partial charge in [-0.25, -0.2) is 10.8 Å². The maximum Gasteiger partial charge on any atom is 0.218 e. The van der Waals surface area contributed by atoms with Crippen molar-refractivity contribution in [2.75, 3.05) is 18.6 Å². The van der Waals surface area contributed by atoms with Crippen LogP contribution in [-0.2, 0) is 11.3 Å². The molecule has 1 aliphatic rings. The molecule has 1 saturated carbocycles. The summed E-state index contributed by atoms with van der Waals surface area (Å²) < 4.78 is 11.1. The Morgan fingerprint density at radius 3 is 2.84 bits per heavy atom. The van der Waals surface area contributed by atoms with Crippen molar-refractivity contribution < 1.29 is 9.47 Å². The van der Waals surface area contributed by atoms with E-state index in [1.807, 2.05) is 6.92 Å². The maximum absolute atomic E-state index is 5.75. The van der Waals surface area contributed by atoms with Gasteiger partial charge in [0, 0.05) is 12.7 Å². The van der Waals surface area contributed by atoms with E-state index in [1.165, 1.54) is 25.7 Å². The van der Waals surface area contributed by atoms with E-state index < -0.39 is 0 Å². The molecule has 0 aromatic carbocycles. The minimum Gasteiger partial charge on any atom is -0.477 e. The molecule has 0 amide bonds. The number of nitrogens with two attached hydrogens (primary N) is 1. The molecule has 6 heteroatoms. The van der Waals surface area contributed by atoms with E-state index in [-0.39, 0.29) is 0 Å². The van der Waals surface area contributed by atoms with E-state index in [2.05, 4.69) is 15.4 Å². The molecule has 0 spiro atoms. The SMILES string of the molecule is CCOCc1nc(NN)cc(OCC2CCCC2)n1. The van der Waals surface area contributed by atoms with E-state index in [0.717, 1.165) is 6.61 Å². The lowest BCUT2D eigenvalue weighted by molar-refractivity contribution is 0.127. The smallest absolute Gasteiger partial charge is 0.218 e. The summed E-state index contributed by atoms with van der Waals surface area (Å²) in [6.07, 6.45) is 5.11. The molecule has 1 heterocycles. The molecule has 0 atom stereocenters. The molecule has 0 saturated heterocycles. The maximum atomic E-state index is 5.75. The number of aromatic nitrogens is 2. The van der Waals surface area contributed by atoms with Crippen LogP contribution in [0.15, 0.2) is 6.07 Å². The number of hydrogen-bond donors (Lipinski definition) is 2. The third-order valence-corrected chi connectivity index (χ3v) is 3.27. The standard InChI is InChI=1S/C13H22N4O2/c1-2-18-9-12-15-11(17-14)7-13(16-12)19-8-10-5-3-4-6-10/h7,10H,2-6,8-9,14H2,1H3,(H,15,16,17). The minimum atomic E-state index is 0.367. The molecule has 6 nitrogen and oxygen atoms in total. The van der Waals surface area contributed by atoms with Crippen LogP contribution < -0.4 is 16.0 Å². The molecule has 19 heavy (non-hydrogen) atoms. The first-order chi connectivity index (χ1) is 9.31. The minimum absolute atomic E-state index is 0.367. The van der Waals surface area contributed by atoms with Gasteiger partial charge in [-0.15, -0.1) is 0 Å². The lowest BCUT2D eigenvalue weighted by Crippen LogP contribution is -2.14. The molecule has 0 aliphatic heterocycles. The number of anilines is 1. The molecule has 1 aromatic rings. The van der Waals surface area contributed by atoms with Gasteiger partial charge in [-0.05, 0) is 25.7 Å². The summed E-state index contributed by atoms with van der Waals surface area (Å²) in [5.74, 6) is 7.74. The summed E-state index contributed by atoms with van der Waals surface area (Å²) in [6.45, 7) is 3.64. The van der Waals surface area contributed by atoms with Gasteiger partial charge in [0.1, 0.15) is 12.4 Å². The van der Waals surface area contributed by atoms with Crippen molar-refractivity contribution in [3.05, 3.63) is 11.9 Å². The predicted octanol–water partition coefficient (Wildman–Crippen LogP) is 1.87. The molecule has 1 fully saturated rings. The number of hydrogen-bond acceptors (Lipinski definition) is 6. The Morgan fingerprint density at radius 1 is 1.37 bits per heavy atom. The van der Waals surface area contributed by atoms with Crippen molar-refractivity contribution in [1.82, 2.24) is 9.97 Å². The highest BCUT2D eigenvalue weighted by molar-refractivity contribution is 5.36. The summed E-state index contributed by atoms with van der Waals surface area (Å²) in [7, 11) is 0. The Bertz CT molecular complexity index is 394. The molecular formula is C13H22N4O2. The van der Waals surface area contributed by atoms with Crippen LogP contribution in [0.5, 0.6) is 5.88 Å². The van der Waals surface area contributed by atoms with Crippen molar-refractivity contribution >= 4 is 5.82 Å². The fraction of sp³-hybridized carbons (Fsp3) is 0.692. The lowest BCUT2D eigenvalue weighted by Gasteiger charge is -2.12. The monoisotopic (exact) mass is 266 g/mol.